The van der Waals surface area contributed by atoms with Crippen molar-refractivity contribution in [2.45, 2.75) is 18.9 Å². The van der Waals surface area contributed by atoms with Crippen LogP contribution >= 0.6 is 27.5 Å². The number of sulfonamides is 1. The standard InChI is InChI=1S/C14H14BrClFNO5S/c1-14(9-7-8(17)3-4-10(9)16)12(20)11(19)13(23-14)18-24(21,22)6-2-5-15/h3-4,7,18-19H,2,5-6H2,1H3. The predicted molar refractivity (Wildman–Crippen MR) is 89.8 cm³/mol. The number of hydrogen-bond donors (Lipinski definition) is 2. The average molecular weight is 443 g/mol. The van der Waals surface area contributed by atoms with Gasteiger partial charge in [-0.2, -0.15) is 0 Å². The first kappa shape index (κ1) is 19.0. The molecule has 1 heterocycles. The predicted octanol–water partition coefficient (Wildman–Crippen LogP) is 2.73. The third-order valence-electron chi connectivity index (χ3n) is 3.41. The summed E-state index contributed by atoms with van der Waals surface area (Å²) in [6, 6.07) is 3.34. The molecular weight excluding hydrogens is 429 g/mol. The lowest BCUT2D eigenvalue weighted by Gasteiger charge is -2.24. The molecule has 1 aromatic rings. The third kappa shape index (κ3) is 3.68. The number of hydrogen-bond acceptors (Lipinski definition) is 5. The molecule has 132 valence electrons. The summed E-state index contributed by atoms with van der Waals surface area (Å²) < 4.78 is 44.7. The topological polar surface area (TPSA) is 92.7 Å². The second kappa shape index (κ2) is 6.89. The van der Waals surface area contributed by atoms with Crippen molar-refractivity contribution < 1.29 is 27.4 Å². The van der Waals surface area contributed by atoms with E-state index in [9.17, 15) is 22.7 Å². The zero-order chi connectivity index (χ0) is 18.1. The zero-order valence-corrected chi connectivity index (χ0v) is 15.6. The van der Waals surface area contributed by atoms with E-state index in [1.54, 1.807) is 0 Å². The SMILES string of the molecule is CC1(c2cc(F)ccc2Cl)OC(NS(=O)(=O)CCCBr)=C(O)C1=O. The molecule has 0 saturated carbocycles. The second-order valence-corrected chi connectivity index (χ2v) is 8.27. The molecule has 2 rings (SSSR count). The minimum absolute atomic E-state index is 0.0182. The number of nitrogens with one attached hydrogen (secondary N) is 1. The molecule has 0 aromatic heterocycles. The van der Waals surface area contributed by atoms with Crippen molar-refractivity contribution in [2.75, 3.05) is 11.1 Å². The van der Waals surface area contributed by atoms with Crippen molar-refractivity contribution in [1.29, 1.82) is 0 Å². The molecule has 0 bridgehead atoms. The number of ketones is 1. The van der Waals surface area contributed by atoms with Gasteiger partial charge < -0.3 is 9.84 Å². The van der Waals surface area contributed by atoms with Crippen LogP contribution in [-0.4, -0.2) is 30.4 Å². The number of benzene rings is 1. The van der Waals surface area contributed by atoms with Gasteiger partial charge in [-0.3, -0.25) is 9.52 Å². The number of halogens is 3. The van der Waals surface area contributed by atoms with Gasteiger partial charge in [0.05, 0.1) is 5.75 Å². The fourth-order valence-corrected chi connectivity index (χ4v) is 4.17. The van der Waals surface area contributed by atoms with E-state index in [-0.39, 0.29) is 16.3 Å². The van der Waals surface area contributed by atoms with E-state index in [0.717, 1.165) is 12.1 Å². The smallest absolute Gasteiger partial charge is 0.250 e. The Bertz CT molecular complexity index is 813. The van der Waals surface area contributed by atoms with Crippen molar-refractivity contribution >= 4 is 43.3 Å². The van der Waals surface area contributed by atoms with E-state index in [0.29, 0.717) is 11.8 Å². The molecule has 0 saturated heterocycles. The Morgan fingerprint density at radius 2 is 2.12 bits per heavy atom. The molecule has 1 aliphatic rings. The second-order valence-electron chi connectivity index (χ2n) is 5.23. The highest BCUT2D eigenvalue weighted by atomic mass is 79.9. The Morgan fingerprint density at radius 1 is 1.46 bits per heavy atom. The number of aliphatic hydroxyl groups excluding tert-OH is 1. The summed E-state index contributed by atoms with van der Waals surface area (Å²) in [6.07, 6.45) is 0.324. The van der Waals surface area contributed by atoms with Crippen LogP contribution in [0.4, 0.5) is 4.39 Å². The summed E-state index contributed by atoms with van der Waals surface area (Å²) in [6.45, 7) is 1.27. The number of Topliss-reactive ketones (excluding diaryl/α,β-unsaturated/α-hetero) is 1. The Morgan fingerprint density at radius 3 is 2.75 bits per heavy atom. The van der Waals surface area contributed by atoms with Crippen LogP contribution in [0.5, 0.6) is 0 Å². The van der Waals surface area contributed by atoms with Gasteiger partial charge in [-0.1, -0.05) is 27.5 Å². The quantitative estimate of drug-likeness (QED) is 0.661. The summed E-state index contributed by atoms with van der Waals surface area (Å²) in [5, 5.41) is 10.4. The van der Waals surface area contributed by atoms with Crippen LogP contribution in [0.2, 0.25) is 5.02 Å². The molecule has 0 radical (unpaired) electrons. The lowest BCUT2D eigenvalue weighted by molar-refractivity contribution is -0.131. The lowest BCUT2D eigenvalue weighted by atomic mass is 9.91. The van der Waals surface area contributed by atoms with E-state index < -0.39 is 38.9 Å². The van der Waals surface area contributed by atoms with E-state index in [1.807, 2.05) is 4.72 Å². The summed E-state index contributed by atoms with van der Waals surface area (Å²) in [5.74, 6) is -3.30. The van der Waals surface area contributed by atoms with Crippen LogP contribution in [0.15, 0.2) is 29.8 Å². The fraction of sp³-hybridized carbons (Fsp3) is 0.357. The molecule has 0 spiro atoms. The summed E-state index contributed by atoms with van der Waals surface area (Å²) in [7, 11) is -3.82. The van der Waals surface area contributed by atoms with Crippen molar-refractivity contribution in [3.8, 4) is 0 Å². The summed E-state index contributed by atoms with van der Waals surface area (Å²) in [5.41, 5.74) is -1.85. The van der Waals surface area contributed by atoms with Gasteiger partial charge in [-0.15, -0.1) is 0 Å². The minimum atomic E-state index is -3.82. The Labute approximate surface area is 151 Å². The summed E-state index contributed by atoms with van der Waals surface area (Å²) in [4.78, 5) is 12.3. The maximum atomic E-state index is 13.5. The van der Waals surface area contributed by atoms with Gasteiger partial charge in [0, 0.05) is 15.9 Å². The van der Waals surface area contributed by atoms with Gasteiger partial charge in [-0.05, 0) is 31.5 Å². The highest BCUT2D eigenvalue weighted by Gasteiger charge is 2.49. The maximum absolute atomic E-state index is 13.5. The van der Waals surface area contributed by atoms with Gasteiger partial charge in [0.2, 0.25) is 27.3 Å². The van der Waals surface area contributed by atoms with Crippen LogP contribution in [-0.2, 0) is 25.2 Å². The van der Waals surface area contributed by atoms with Crippen LogP contribution in [0.25, 0.3) is 0 Å². The van der Waals surface area contributed by atoms with Crippen molar-refractivity contribution in [1.82, 2.24) is 4.72 Å². The van der Waals surface area contributed by atoms with Crippen LogP contribution < -0.4 is 4.72 Å². The van der Waals surface area contributed by atoms with Crippen LogP contribution in [0, 0.1) is 5.82 Å². The zero-order valence-electron chi connectivity index (χ0n) is 12.5. The van der Waals surface area contributed by atoms with E-state index in [4.69, 9.17) is 16.3 Å². The molecule has 0 fully saturated rings. The van der Waals surface area contributed by atoms with Crippen molar-refractivity contribution in [3.63, 3.8) is 0 Å². The van der Waals surface area contributed by atoms with Crippen molar-refractivity contribution in [2.24, 2.45) is 0 Å². The third-order valence-corrected chi connectivity index (χ3v) is 5.62. The highest BCUT2D eigenvalue weighted by Crippen LogP contribution is 2.40. The number of rotatable bonds is 6. The Balaban J connectivity index is 2.34. The van der Waals surface area contributed by atoms with Gasteiger partial charge in [0.25, 0.3) is 5.78 Å². The molecule has 2 N–H and O–H groups in total. The molecule has 1 aliphatic heterocycles. The molecular formula is C14H14BrClFNO5S. The first-order valence-electron chi connectivity index (χ1n) is 6.80. The van der Waals surface area contributed by atoms with E-state index in [2.05, 4.69) is 15.9 Å². The van der Waals surface area contributed by atoms with Gasteiger partial charge in [0.1, 0.15) is 5.82 Å². The monoisotopic (exact) mass is 441 g/mol. The molecule has 1 atom stereocenters. The number of carbonyl (C=O) groups is 1. The van der Waals surface area contributed by atoms with E-state index >= 15 is 0 Å². The van der Waals surface area contributed by atoms with Crippen LogP contribution in [0.3, 0.4) is 0 Å². The number of ether oxygens (including phenoxy) is 1. The number of carbonyl (C=O) groups excluding carboxylic acids is 1. The lowest BCUT2D eigenvalue weighted by Crippen LogP contribution is -2.33. The highest BCUT2D eigenvalue weighted by molar-refractivity contribution is 9.09. The molecule has 24 heavy (non-hydrogen) atoms. The normalized spacial score (nSPS) is 21.1. The molecule has 1 aromatic carbocycles. The largest absolute Gasteiger partial charge is 0.501 e. The fourth-order valence-electron chi connectivity index (χ4n) is 2.17. The van der Waals surface area contributed by atoms with E-state index in [1.165, 1.54) is 13.0 Å². The molecule has 0 aliphatic carbocycles. The minimum Gasteiger partial charge on any atom is -0.501 e. The Kier molecular flexibility index (Phi) is 5.46. The molecule has 10 heteroatoms. The number of alkyl halides is 1. The van der Waals surface area contributed by atoms with Gasteiger partial charge in [0.15, 0.2) is 0 Å². The van der Waals surface area contributed by atoms with Gasteiger partial charge >= 0.3 is 0 Å². The number of aliphatic hydroxyl groups is 1. The van der Waals surface area contributed by atoms with Crippen LogP contribution in [0.1, 0.15) is 18.9 Å². The first-order valence-corrected chi connectivity index (χ1v) is 9.95. The molecule has 0 amide bonds. The van der Waals surface area contributed by atoms with Gasteiger partial charge in [-0.25, -0.2) is 12.8 Å². The molecule has 6 nitrogen and oxygen atoms in total. The Hall–Kier alpha value is -1.32. The maximum Gasteiger partial charge on any atom is 0.250 e. The molecule has 1 unspecified atom stereocenters. The average Bonchev–Trinajstić information content (AvgIpc) is 2.72. The summed E-state index contributed by atoms with van der Waals surface area (Å²) >= 11 is 9.10. The first-order chi connectivity index (χ1) is 11.1. The van der Waals surface area contributed by atoms with Crippen molar-refractivity contribution in [3.05, 3.63) is 46.2 Å².